The van der Waals surface area contributed by atoms with E-state index in [0.29, 0.717) is 24.2 Å². The molecule has 0 aliphatic carbocycles. The predicted octanol–water partition coefficient (Wildman–Crippen LogP) is 6.23. The van der Waals surface area contributed by atoms with Gasteiger partial charge in [0.05, 0.1) is 11.7 Å². The Bertz CT molecular complexity index is 843. The molecule has 0 amide bonds. The minimum Gasteiger partial charge on any atom is -0.508 e. The van der Waals surface area contributed by atoms with E-state index < -0.39 is 17.3 Å². The molecule has 1 aromatic carbocycles. The van der Waals surface area contributed by atoms with Crippen LogP contribution in [0.25, 0.3) is 6.08 Å². The summed E-state index contributed by atoms with van der Waals surface area (Å²) in [4.78, 5) is 0. The highest BCUT2D eigenvalue weighted by Gasteiger charge is 2.31. The summed E-state index contributed by atoms with van der Waals surface area (Å²) in [6, 6.07) is 3.28. The maximum absolute atomic E-state index is 10.9. The normalized spacial score (nSPS) is 30.4. The molecule has 0 spiro atoms. The minimum absolute atomic E-state index is 0.143. The molecule has 31 heavy (non-hydrogen) atoms. The van der Waals surface area contributed by atoms with Crippen LogP contribution < -0.4 is 4.74 Å². The van der Waals surface area contributed by atoms with E-state index in [1.807, 2.05) is 20.8 Å². The smallest absolute Gasteiger partial charge is 0.130 e. The van der Waals surface area contributed by atoms with E-state index in [-0.39, 0.29) is 5.75 Å². The molecule has 0 saturated heterocycles. The van der Waals surface area contributed by atoms with E-state index in [1.165, 1.54) is 11.1 Å². The van der Waals surface area contributed by atoms with E-state index in [0.717, 1.165) is 31.2 Å². The summed E-state index contributed by atoms with van der Waals surface area (Å²) in [5.41, 5.74) is 2.27. The Morgan fingerprint density at radius 3 is 2.32 bits per heavy atom. The highest BCUT2D eigenvalue weighted by molar-refractivity contribution is 5.63. The van der Waals surface area contributed by atoms with Crippen molar-refractivity contribution in [2.24, 2.45) is 0 Å². The van der Waals surface area contributed by atoms with Crippen LogP contribution in [-0.4, -0.2) is 32.6 Å². The second-order valence-corrected chi connectivity index (χ2v) is 9.81. The third-order valence-corrected chi connectivity index (χ3v) is 6.06. The Morgan fingerprint density at radius 1 is 0.968 bits per heavy atom. The van der Waals surface area contributed by atoms with E-state index in [1.54, 1.807) is 31.2 Å². The van der Waals surface area contributed by atoms with Gasteiger partial charge in [-0.15, -0.1) is 0 Å². The highest BCUT2D eigenvalue weighted by Crippen LogP contribution is 2.35. The lowest BCUT2D eigenvalue weighted by atomic mass is 9.93. The molecule has 2 atom stereocenters. The summed E-state index contributed by atoms with van der Waals surface area (Å²) in [5.74, 6) is 0.752. The van der Waals surface area contributed by atoms with Crippen LogP contribution in [0.2, 0.25) is 0 Å². The van der Waals surface area contributed by atoms with Gasteiger partial charge in [0.15, 0.2) is 0 Å². The maximum atomic E-state index is 10.9. The number of rotatable bonds is 0. The number of aryl methyl sites for hydroxylation is 1. The van der Waals surface area contributed by atoms with Crippen LogP contribution in [0.15, 0.2) is 41.5 Å². The number of allylic oxidation sites excluding steroid dienone is 4. The van der Waals surface area contributed by atoms with E-state index >= 15 is 0 Å². The van der Waals surface area contributed by atoms with Gasteiger partial charge in [-0.3, -0.25) is 0 Å². The molecule has 1 aromatic rings. The number of hydrogen-bond donors (Lipinski definition) is 3. The third-order valence-electron chi connectivity index (χ3n) is 6.06. The van der Waals surface area contributed by atoms with Crippen molar-refractivity contribution in [1.82, 2.24) is 0 Å². The molecule has 2 unspecified atom stereocenters. The van der Waals surface area contributed by atoms with E-state index in [9.17, 15) is 15.3 Å². The van der Waals surface area contributed by atoms with Crippen LogP contribution >= 0.6 is 0 Å². The molecule has 1 heterocycles. The highest BCUT2D eigenvalue weighted by atomic mass is 16.5. The molecule has 0 fully saturated rings. The van der Waals surface area contributed by atoms with Crippen molar-refractivity contribution in [1.29, 1.82) is 0 Å². The Morgan fingerprint density at radius 2 is 1.61 bits per heavy atom. The summed E-state index contributed by atoms with van der Waals surface area (Å²) in [7, 11) is 0. The lowest BCUT2D eigenvalue weighted by molar-refractivity contribution is -0.0325. The average Bonchev–Trinajstić information content (AvgIpc) is 2.66. The standard InChI is InChI=1S/C27H40O4/c1-19-9-7-10-20(2)12-13-24(29)26(4,5)31-25-21(3)17-23(28)18-22(25)14-16-27(6,30)15-8-11-19/h10-11,14,16-18,24,28-30H,7-9,12-13,15H2,1-6H3/b16-14-,19-11+,20-10+. The monoisotopic (exact) mass is 428 g/mol. The Hall–Kier alpha value is -2.04. The topological polar surface area (TPSA) is 69.9 Å². The SMILES string of the molecule is C/C1=C\CCC(C)(O)/C=C\c2cc(O)cc(C)c2OC(C)(C)C(O)CC/C(C)=C/CC1. The number of fused-ring (bicyclic) bond motifs is 1. The molecular formula is C27H40O4. The Balaban J connectivity index is 2.43. The van der Waals surface area contributed by atoms with Crippen LogP contribution in [-0.2, 0) is 0 Å². The summed E-state index contributed by atoms with van der Waals surface area (Å²) < 4.78 is 6.32. The molecule has 0 bridgehead atoms. The van der Waals surface area contributed by atoms with E-state index in [4.69, 9.17) is 4.74 Å². The first-order valence-corrected chi connectivity index (χ1v) is 11.3. The number of aromatic hydroxyl groups is 1. The molecule has 2 rings (SSSR count). The second kappa shape index (κ2) is 10.5. The molecule has 4 nitrogen and oxygen atoms in total. The minimum atomic E-state index is -0.982. The van der Waals surface area contributed by atoms with Gasteiger partial charge >= 0.3 is 0 Å². The van der Waals surface area contributed by atoms with Crippen molar-refractivity contribution in [2.75, 3.05) is 0 Å². The zero-order chi connectivity index (χ0) is 23.2. The van der Waals surface area contributed by atoms with Gasteiger partial charge in [0, 0.05) is 5.56 Å². The van der Waals surface area contributed by atoms with Crippen molar-refractivity contribution in [3.8, 4) is 11.5 Å². The molecule has 3 N–H and O–H groups in total. The van der Waals surface area contributed by atoms with Gasteiger partial charge in [-0.2, -0.15) is 0 Å². The number of ether oxygens (including phenoxy) is 1. The molecule has 4 heteroatoms. The molecule has 1 aliphatic heterocycles. The number of benzene rings is 1. The summed E-state index contributed by atoms with van der Waals surface area (Å²) in [5, 5.41) is 31.8. The van der Waals surface area contributed by atoms with Crippen molar-refractivity contribution in [2.45, 2.75) is 97.4 Å². The fourth-order valence-electron chi connectivity index (χ4n) is 3.80. The van der Waals surface area contributed by atoms with Gasteiger partial charge in [-0.05, 0) is 97.8 Å². The second-order valence-electron chi connectivity index (χ2n) is 9.81. The molecule has 0 saturated carbocycles. The Labute approximate surface area is 188 Å². The Kier molecular flexibility index (Phi) is 8.56. The van der Waals surface area contributed by atoms with Crippen LogP contribution in [0.5, 0.6) is 11.5 Å². The summed E-state index contributed by atoms with van der Waals surface area (Å²) >= 11 is 0. The maximum Gasteiger partial charge on any atom is 0.130 e. The quantitative estimate of drug-likeness (QED) is 0.428. The van der Waals surface area contributed by atoms with Gasteiger partial charge in [-0.25, -0.2) is 0 Å². The van der Waals surface area contributed by atoms with Crippen LogP contribution in [0.4, 0.5) is 0 Å². The van der Waals surface area contributed by atoms with Crippen LogP contribution in [0.1, 0.15) is 84.3 Å². The summed E-state index contributed by atoms with van der Waals surface area (Å²) in [6.07, 6.45) is 12.2. The van der Waals surface area contributed by atoms with Crippen LogP contribution in [0.3, 0.4) is 0 Å². The summed E-state index contributed by atoms with van der Waals surface area (Å²) in [6.45, 7) is 11.7. The predicted molar refractivity (Wildman–Crippen MR) is 128 cm³/mol. The van der Waals surface area contributed by atoms with Gasteiger partial charge in [-0.1, -0.05) is 35.5 Å². The first kappa shape index (κ1) is 25.2. The van der Waals surface area contributed by atoms with Crippen molar-refractivity contribution in [3.63, 3.8) is 0 Å². The zero-order valence-corrected chi connectivity index (χ0v) is 20.0. The zero-order valence-electron chi connectivity index (χ0n) is 20.0. The van der Waals surface area contributed by atoms with Crippen molar-refractivity contribution >= 4 is 6.08 Å². The fraction of sp³-hybridized carbons (Fsp3) is 0.556. The number of aliphatic hydroxyl groups is 2. The van der Waals surface area contributed by atoms with Gasteiger partial charge in [0.1, 0.15) is 17.1 Å². The molecule has 1 aliphatic rings. The first-order valence-electron chi connectivity index (χ1n) is 11.3. The number of phenols is 1. The number of aliphatic hydroxyl groups excluding tert-OH is 1. The largest absolute Gasteiger partial charge is 0.508 e. The molecule has 0 radical (unpaired) electrons. The number of hydrogen-bond acceptors (Lipinski definition) is 4. The molecule has 172 valence electrons. The molecule has 0 aromatic heterocycles. The van der Waals surface area contributed by atoms with Crippen LogP contribution in [0, 0.1) is 6.92 Å². The van der Waals surface area contributed by atoms with E-state index in [2.05, 4.69) is 26.0 Å². The molecular weight excluding hydrogens is 388 g/mol. The number of phenolic OH excluding ortho intramolecular Hbond substituents is 1. The van der Waals surface area contributed by atoms with Crippen molar-refractivity contribution < 1.29 is 20.1 Å². The van der Waals surface area contributed by atoms with Gasteiger partial charge in [0.2, 0.25) is 0 Å². The fourth-order valence-corrected chi connectivity index (χ4v) is 3.80. The third kappa shape index (κ3) is 7.86. The van der Waals surface area contributed by atoms with Gasteiger partial charge in [0.25, 0.3) is 0 Å². The lowest BCUT2D eigenvalue weighted by Crippen LogP contribution is -2.42. The lowest BCUT2D eigenvalue weighted by Gasteiger charge is -2.33. The van der Waals surface area contributed by atoms with Gasteiger partial charge < -0.3 is 20.1 Å². The average molecular weight is 429 g/mol. The van der Waals surface area contributed by atoms with Crippen molar-refractivity contribution in [3.05, 3.63) is 52.6 Å². The first-order chi connectivity index (χ1) is 14.4.